The molecular weight excluding hydrogens is 468 g/mol. The molecule has 37 heavy (non-hydrogen) atoms. The van der Waals surface area contributed by atoms with Gasteiger partial charge in [-0.05, 0) is 37.8 Å². The first kappa shape index (κ1) is 26.5. The van der Waals surface area contributed by atoms with Crippen LogP contribution in [0.15, 0.2) is 60.7 Å². The van der Waals surface area contributed by atoms with Gasteiger partial charge in [0.25, 0.3) is 0 Å². The van der Waals surface area contributed by atoms with Crippen molar-refractivity contribution in [3.05, 3.63) is 83.4 Å². The number of fused-ring (bicyclic) bond motifs is 1. The average molecular weight is 505 g/mol. The fourth-order valence-electron chi connectivity index (χ4n) is 4.29. The summed E-state index contributed by atoms with van der Waals surface area (Å²) >= 11 is 0. The number of amides is 2. The molecule has 0 saturated heterocycles. The molecule has 0 aliphatic carbocycles. The van der Waals surface area contributed by atoms with Gasteiger partial charge in [0.05, 0.1) is 25.3 Å². The number of hydrogen-bond donors (Lipinski definition) is 2. The Hall–Kier alpha value is -3.56. The van der Waals surface area contributed by atoms with Crippen molar-refractivity contribution in [2.75, 3.05) is 13.2 Å². The molecule has 0 spiro atoms. The van der Waals surface area contributed by atoms with Gasteiger partial charge >= 0.3 is 0 Å². The van der Waals surface area contributed by atoms with Gasteiger partial charge in [0, 0.05) is 19.5 Å². The van der Waals surface area contributed by atoms with E-state index >= 15 is 0 Å². The van der Waals surface area contributed by atoms with Crippen LogP contribution in [0, 0.1) is 0 Å². The minimum atomic E-state index is -1.05. The van der Waals surface area contributed by atoms with Crippen LogP contribution in [-0.2, 0) is 40.4 Å². The third-order valence-electron chi connectivity index (χ3n) is 6.43. The molecular formula is C28H36N6O3. The van der Waals surface area contributed by atoms with E-state index in [2.05, 4.69) is 27.6 Å². The molecule has 0 unspecified atom stereocenters. The largest absolute Gasteiger partial charge is 0.374 e. The number of benzene rings is 2. The van der Waals surface area contributed by atoms with Crippen LogP contribution < -0.4 is 11.1 Å². The average Bonchev–Trinajstić information content (AvgIpc) is 3.32. The number of ether oxygens (including phenoxy) is 1. The molecule has 9 heteroatoms. The van der Waals surface area contributed by atoms with Gasteiger partial charge in [0.2, 0.25) is 11.8 Å². The van der Waals surface area contributed by atoms with E-state index in [4.69, 9.17) is 10.5 Å². The maximum atomic E-state index is 12.8. The summed E-state index contributed by atoms with van der Waals surface area (Å²) < 4.78 is 7.93. The summed E-state index contributed by atoms with van der Waals surface area (Å²) in [4.78, 5) is 27.4. The third-order valence-corrected chi connectivity index (χ3v) is 6.43. The van der Waals surface area contributed by atoms with E-state index in [1.165, 1.54) is 5.56 Å². The van der Waals surface area contributed by atoms with Gasteiger partial charge in [-0.15, -0.1) is 10.2 Å². The van der Waals surface area contributed by atoms with Crippen molar-refractivity contribution < 1.29 is 14.3 Å². The lowest BCUT2D eigenvalue weighted by molar-refractivity contribution is -0.132. The van der Waals surface area contributed by atoms with Gasteiger partial charge in [-0.2, -0.15) is 0 Å². The van der Waals surface area contributed by atoms with E-state index in [1.54, 1.807) is 13.8 Å². The predicted molar refractivity (Wildman–Crippen MR) is 140 cm³/mol. The number of carbonyl (C=O) groups excluding carboxylic acids is 2. The molecule has 1 atom stereocenters. The maximum absolute atomic E-state index is 12.8. The summed E-state index contributed by atoms with van der Waals surface area (Å²) in [7, 11) is 0. The molecule has 0 radical (unpaired) electrons. The second-order valence-corrected chi connectivity index (χ2v) is 10.0. The van der Waals surface area contributed by atoms with Crippen molar-refractivity contribution in [1.29, 1.82) is 0 Å². The normalized spacial score (nSPS) is 14.2. The van der Waals surface area contributed by atoms with Crippen LogP contribution in [0.25, 0.3) is 0 Å². The Kier molecular flexibility index (Phi) is 8.68. The van der Waals surface area contributed by atoms with E-state index < -0.39 is 11.6 Å². The fourth-order valence-corrected chi connectivity index (χ4v) is 4.29. The van der Waals surface area contributed by atoms with Crippen LogP contribution >= 0.6 is 0 Å². The zero-order valence-corrected chi connectivity index (χ0v) is 21.6. The zero-order valence-electron chi connectivity index (χ0n) is 21.6. The zero-order chi connectivity index (χ0) is 26.3. The van der Waals surface area contributed by atoms with Crippen molar-refractivity contribution in [3.8, 4) is 0 Å². The number of rotatable bonds is 11. The fraction of sp³-hybridized carbons (Fsp3) is 0.429. The van der Waals surface area contributed by atoms with E-state index in [0.29, 0.717) is 44.3 Å². The van der Waals surface area contributed by atoms with Gasteiger partial charge in [-0.25, -0.2) is 0 Å². The monoisotopic (exact) mass is 504 g/mol. The third kappa shape index (κ3) is 7.24. The van der Waals surface area contributed by atoms with Crippen LogP contribution in [0.3, 0.4) is 0 Å². The SMILES string of the molecule is CC(C)(N)C(=O)N[C@H](COCc1ccccc1)c1nnc2n1CCN(C(=O)CCCc1ccccc1)C2. The summed E-state index contributed by atoms with van der Waals surface area (Å²) in [5.74, 6) is 1.13. The van der Waals surface area contributed by atoms with Crippen LogP contribution in [-0.4, -0.2) is 50.2 Å². The Morgan fingerprint density at radius 3 is 2.38 bits per heavy atom. The van der Waals surface area contributed by atoms with Crippen LogP contribution in [0.2, 0.25) is 0 Å². The number of nitrogens with two attached hydrogens (primary N) is 1. The highest BCUT2D eigenvalue weighted by Crippen LogP contribution is 2.20. The van der Waals surface area contributed by atoms with Crippen molar-refractivity contribution >= 4 is 11.8 Å². The van der Waals surface area contributed by atoms with Gasteiger partial charge in [-0.1, -0.05) is 60.7 Å². The van der Waals surface area contributed by atoms with E-state index in [-0.39, 0.29) is 18.4 Å². The highest BCUT2D eigenvalue weighted by molar-refractivity contribution is 5.85. The van der Waals surface area contributed by atoms with Gasteiger partial charge in [0.1, 0.15) is 6.04 Å². The first-order chi connectivity index (χ1) is 17.8. The Balaban J connectivity index is 1.39. The molecule has 1 aromatic heterocycles. The molecule has 2 heterocycles. The van der Waals surface area contributed by atoms with E-state index in [9.17, 15) is 9.59 Å². The lowest BCUT2D eigenvalue weighted by atomic mass is 10.1. The quantitative estimate of drug-likeness (QED) is 0.415. The van der Waals surface area contributed by atoms with Crippen molar-refractivity contribution in [2.24, 2.45) is 5.73 Å². The Morgan fingerprint density at radius 2 is 1.70 bits per heavy atom. The van der Waals surface area contributed by atoms with Gasteiger partial charge in [0.15, 0.2) is 11.6 Å². The lowest BCUT2D eigenvalue weighted by Crippen LogP contribution is -2.51. The molecule has 9 nitrogen and oxygen atoms in total. The lowest BCUT2D eigenvalue weighted by Gasteiger charge is -2.30. The summed E-state index contributed by atoms with van der Waals surface area (Å²) in [6, 6.07) is 19.5. The summed E-state index contributed by atoms with van der Waals surface area (Å²) in [5, 5.41) is 11.7. The van der Waals surface area contributed by atoms with Gasteiger partial charge in [-0.3, -0.25) is 9.59 Å². The molecule has 196 valence electrons. The first-order valence-electron chi connectivity index (χ1n) is 12.8. The Bertz CT molecular complexity index is 1170. The molecule has 0 bridgehead atoms. The van der Waals surface area contributed by atoms with E-state index in [1.807, 2.05) is 58.0 Å². The standard InChI is InChI=1S/C28H36N6O3/c1-28(2,29)27(36)30-23(20-37-19-22-12-7-4-8-13-22)26-32-31-24-18-33(16-17-34(24)26)25(35)15-9-14-21-10-5-3-6-11-21/h3-8,10-13,23H,9,14-20,29H2,1-2H3,(H,30,36)/t23-/m1/s1. The summed E-state index contributed by atoms with van der Waals surface area (Å²) in [6.45, 7) is 5.46. The van der Waals surface area contributed by atoms with Gasteiger partial charge < -0.3 is 25.3 Å². The number of nitrogens with one attached hydrogen (secondary N) is 1. The topological polar surface area (TPSA) is 115 Å². The minimum absolute atomic E-state index is 0.118. The van der Waals surface area contributed by atoms with Crippen molar-refractivity contribution in [2.45, 2.75) is 64.4 Å². The smallest absolute Gasteiger partial charge is 0.240 e. The summed E-state index contributed by atoms with van der Waals surface area (Å²) in [6.07, 6.45) is 2.18. The predicted octanol–water partition coefficient (Wildman–Crippen LogP) is 2.75. The van der Waals surface area contributed by atoms with Crippen LogP contribution in [0.1, 0.15) is 55.5 Å². The first-order valence-corrected chi connectivity index (χ1v) is 12.8. The molecule has 4 rings (SSSR count). The Morgan fingerprint density at radius 1 is 1.03 bits per heavy atom. The highest BCUT2D eigenvalue weighted by atomic mass is 16.5. The van der Waals surface area contributed by atoms with Crippen molar-refractivity contribution in [1.82, 2.24) is 25.0 Å². The van der Waals surface area contributed by atoms with Crippen LogP contribution in [0.4, 0.5) is 0 Å². The molecule has 2 amide bonds. The Labute approximate surface area is 218 Å². The minimum Gasteiger partial charge on any atom is -0.374 e. The van der Waals surface area contributed by atoms with E-state index in [0.717, 1.165) is 18.4 Å². The highest BCUT2D eigenvalue weighted by Gasteiger charge is 2.31. The molecule has 1 aliphatic rings. The summed E-state index contributed by atoms with van der Waals surface area (Å²) in [5.41, 5.74) is 7.25. The van der Waals surface area contributed by atoms with Crippen LogP contribution in [0.5, 0.6) is 0 Å². The number of nitrogens with zero attached hydrogens (tertiary/aromatic N) is 4. The number of carbonyl (C=O) groups is 2. The second kappa shape index (κ2) is 12.1. The van der Waals surface area contributed by atoms with Crippen molar-refractivity contribution in [3.63, 3.8) is 0 Å². The molecule has 3 N–H and O–H groups in total. The molecule has 0 saturated carbocycles. The number of aromatic nitrogens is 3. The molecule has 2 aromatic carbocycles. The molecule has 0 fully saturated rings. The number of hydrogen-bond acceptors (Lipinski definition) is 6. The number of aryl methyl sites for hydroxylation is 1. The molecule has 1 aliphatic heterocycles. The second-order valence-electron chi connectivity index (χ2n) is 10.0. The maximum Gasteiger partial charge on any atom is 0.240 e. The molecule has 3 aromatic rings.